The van der Waals surface area contributed by atoms with Crippen molar-refractivity contribution in [3.8, 4) is 17.3 Å². The molecule has 0 saturated carbocycles. The number of para-hydroxylation sites is 3. The number of nitrogens with zero attached hydrogens (tertiary/aromatic N) is 5. The standard InChI is InChI=1S/C54H44BN5O/c1-54(2,3)40-29-31-56-51(33-40)60-47-24-11-10-23-44(47)45-28-27-43(35-50(45)60)61-42-22-16-21-41(34-42)57-37-58(49-26-13-12-25-48(49)57)53-46(38-17-6-4-7-18-38)36-55-30-14-15-32-59(55)52(53)39-19-8-5-9-20-39/h4-36H,37H2,1-3H3. The highest BCUT2D eigenvalue weighted by Gasteiger charge is 2.38. The van der Waals surface area contributed by atoms with E-state index >= 15 is 0 Å². The fourth-order valence-electron chi connectivity index (χ4n) is 9.12. The maximum Gasteiger partial charge on any atom is 0.313 e. The molecular formula is C54H44BN5O. The molecule has 11 rings (SSSR count). The molecule has 294 valence electrons. The van der Waals surface area contributed by atoms with E-state index in [-0.39, 0.29) is 12.3 Å². The Balaban J connectivity index is 0.988. The monoisotopic (exact) mass is 789 g/mol. The van der Waals surface area contributed by atoms with E-state index in [2.05, 4.69) is 228 Å². The Morgan fingerprint density at radius 3 is 2.10 bits per heavy atom. The van der Waals surface area contributed by atoms with Crippen LogP contribution >= 0.6 is 0 Å². The van der Waals surface area contributed by atoms with Crippen molar-refractivity contribution in [3.63, 3.8) is 0 Å². The number of allylic oxidation sites excluding steroid dienone is 3. The van der Waals surface area contributed by atoms with Crippen LogP contribution in [-0.2, 0) is 5.41 Å². The quantitative estimate of drug-likeness (QED) is 0.150. The first-order chi connectivity index (χ1) is 29.9. The number of pyridine rings is 1. The highest BCUT2D eigenvalue weighted by Crippen LogP contribution is 2.49. The van der Waals surface area contributed by atoms with Gasteiger partial charge in [0, 0.05) is 34.8 Å². The Labute approximate surface area is 357 Å². The van der Waals surface area contributed by atoms with E-state index in [1.54, 1.807) is 0 Å². The first kappa shape index (κ1) is 36.6. The maximum absolute atomic E-state index is 6.78. The summed E-state index contributed by atoms with van der Waals surface area (Å²) in [5, 5.41) is 2.34. The summed E-state index contributed by atoms with van der Waals surface area (Å²) in [5.74, 6) is 7.11. The van der Waals surface area contributed by atoms with Crippen molar-refractivity contribution in [1.82, 2.24) is 14.4 Å². The second-order valence-corrected chi connectivity index (χ2v) is 16.9. The lowest BCUT2D eigenvalue weighted by Gasteiger charge is -2.39. The third kappa shape index (κ3) is 6.41. The van der Waals surface area contributed by atoms with Crippen LogP contribution in [0.4, 0.5) is 17.1 Å². The third-order valence-corrected chi connectivity index (χ3v) is 12.1. The Kier molecular flexibility index (Phi) is 8.78. The lowest BCUT2D eigenvalue weighted by Crippen LogP contribution is -2.40. The summed E-state index contributed by atoms with van der Waals surface area (Å²) < 4.78 is 9.04. The molecule has 61 heavy (non-hydrogen) atoms. The van der Waals surface area contributed by atoms with Gasteiger partial charge in [0.05, 0.1) is 33.8 Å². The first-order valence-electron chi connectivity index (χ1n) is 21.0. The Morgan fingerprint density at radius 2 is 1.30 bits per heavy atom. The summed E-state index contributed by atoms with van der Waals surface area (Å²) in [7, 11) is 0. The molecule has 0 saturated heterocycles. The molecule has 3 aliphatic rings. The molecule has 0 atom stereocenters. The highest BCUT2D eigenvalue weighted by molar-refractivity contribution is 6.70. The van der Waals surface area contributed by atoms with Gasteiger partial charge in [-0.1, -0.05) is 136 Å². The van der Waals surface area contributed by atoms with Crippen LogP contribution in [0, 0.1) is 0 Å². The largest absolute Gasteiger partial charge is 0.457 e. The van der Waals surface area contributed by atoms with E-state index < -0.39 is 0 Å². The number of hydrogen-bond donors (Lipinski definition) is 0. The molecule has 3 aliphatic heterocycles. The average Bonchev–Trinajstić information content (AvgIpc) is 3.85. The molecule has 6 aromatic carbocycles. The molecule has 7 heteroatoms. The van der Waals surface area contributed by atoms with Gasteiger partial charge >= 0.3 is 6.85 Å². The highest BCUT2D eigenvalue weighted by atomic mass is 16.5. The second kappa shape index (κ2) is 14.6. The number of benzene rings is 6. The molecule has 0 aliphatic carbocycles. The lowest BCUT2D eigenvalue weighted by atomic mass is 9.55. The fraction of sp³-hybridized carbons (Fsp3) is 0.0926. The van der Waals surface area contributed by atoms with Crippen LogP contribution in [0.2, 0.25) is 0 Å². The smallest absolute Gasteiger partial charge is 0.313 e. The number of anilines is 3. The van der Waals surface area contributed by atoms with Crippen LogP contribution in [0.5, 0.6) is 11.5 Å². The van der Waals surface area contributed by atoms with Gasteiger partial charge in [0.2, 0.25) is 0 Å². The average molecular weight is 790 g/mol. The molecule has 0 bridgehead atoms. The number of hydrogen-bond acceptors (Lipinski definition) is 5. The van der Waals surface area contributed by atoms with Crippen LogP contribution in [0.3, 0.4) is 0 Å². The van der Waals surface area contributed by atoms with Gasteiger partial charge in [-0.2, -0.15) is 0 Å². The molecule has 6 nitrogen and oxygen atoms in total. The van der Waals surface area contributed by atoms with E-state index in [0.29, 0.717) is 6.67 Å². The van der Waals surface area contributed by atoms with Gasteiger partial charge in [-0.25, -0.2) is 4.98 Å². The summed E-state index contributed by atoms with van der Waals surface area (Å²) >= 11 is 0. The van der Waals surface area contributed by atoms with Crippen LogP contribution in [-0.4, -0.2) is 27.9 Å². The molecule has 8 aromatic rings. The van der Waals surface area contributed by atoms with Gasteiger partial charge in [0.1, 0.15) is 24.0 Å². The minimum atomic E-state index is -0.00758. The van der Waals surface area contributed by atoms with Gasteiger partial charge in [0.15, 0.2) is 0 Å². The molecule has 0 unspecified atom stereocenters. The predicted octanol–water partition coefficient (Wildman–Crippen LogP) is 13.1. The molecule has 0 amide bonds. The molecule has 0 N–H and O–H groups in total. The molecule has 0 fully saturated rings. The zero-order valence-electron chi connectivity index (χ0n) is 34.5. The molecule has 0 spiro atoms. The van der Waals surface area contributed by atoms with Crippen molar-refractivity contribution in [2.24, 2.45) is 0 Å². The summed E-state index contributed by atoms with van der Waals surface area (Å²) in [6.07, 6.45) is 8.41. The van der Waals surface area contributed by atoms with E-state index in [1.807, 2.05) is 12.3 Å². The van der Waals surface area contributed by atoms with Crippen molar-refractivity contribution in [3.05, 3.63) is 223 Å². The van der Waals surface area contributed by atoms with Crippen molar-refractivity contribution in [2.75, 3.05) is 16.5 Å². The Morgan fingerprint density at radius 1 is 0.590 bits per heavy atom. The zero-order chi connectivity index (χ0) is 41.1. The SMILES string of the molecule is CC(C)(C)c1ccnc(-n2c3ccccc3c3ccc(Oc4cccc(N5CN(C6=C(c7ccccc7)N7C=CC=CB7C=C6c6ccccc6)c6ccccc65)c4)cc32)c1. The van der Waals surface area contributed by atoms with Gasteiger partial charge in [-0.3, -0.25) is 4.57 Å². The topological polar surface area (TPSA) is 36.8 Å². The third-order valence-electron chi connectivity index (χ3n) is 12.1. The normalized spacial score (nSPS) is 14.8. The molecular weight excluding hydrogens is 745 g/mol. The van der Waals surface area contributed by atoms with Gasteiger partial charge in [-0.15, -0.1) is 0 Å². The van der Waals surface area contributed by atoms with Gasteiger partial charge < -0.3 is 19.3 Å². The number of ether oxygens (including phenoxy) is 1. The summed E-state index contributed by atoms with van der Waals surface area (Å²) in [6, 6.07) is 58.1. The first-order valence-corrected chi connectivity index (χ1v) is 21.0. The summed E-state index contributed by atoms with van der Waals surface area (Å²) in [4.78, 5) is 12.2. The summed E-state index contributed by atoms with van der Waals surface area (Å²) in [6.45, 7) is 7.42. The fourth-order valence-corrected chi connectivity index (χ4v) is 9.12. The van der Waals surface area contributed by atoms with Crippen molar-refractivity contribution < 1.29 is 4.74 Å². The van der Waals surface area contributed by atoms with Crippen LogP contribution < -0.4 is 14.5 Å². The number of aromatic nitrogens is 2. The predicted molar refractivity (Wildman–Crippen MR) is 253 cm³/mol. The van der Waals surface area contributed by atoms with Crippen LogP contribution in [0.1, 0.15) is 37.5 Å². The molecule has 2 aromatic heterocycles. The molecule has 0 radical (unpaired) electrons. The maximum atomic E-state index is 6.78. The second-order valence-electron chi connectivity index (χ2n) is 16.9. The Hall–Kier alpha value is -7.51. The molecule has 5 heterocycles. The lowest BCUT2D eigenvalue weighted by molar-refractivity contribution is 0.483. The number of fused-ring (bicyclic) bond motifs is 5. The van der Waals surface area contributed by atoms with Crippen molar-refractivity contribution in [1.29, 1.82) is 0 Å². The van der Waals surface area contributed by atoms with Crippen molar-refractivity contribution >= 4 is 57.0 Å². The van der Waals surface area contributed by atoms with E-state index in [1.165, 1.54) is 39.0 Å². The van der Waals surface area contributed by atoms with E-state index in [9.17, 15) is 0 Å². The van der Waals surface area contributed by atoms with Gasteiger partial charge in [0.25, 0.3) is 0 Å². The van der Waals surface area contributed by atoms with E-state index in [0.717, 1.165) is 50.8 Å². The van der Waals surface area contributed by atoms with Crippen LogP contribution in [0.15, 0.2) is 206 Å². The van der Waals surface area contributed by atoms with Gasteiger partial charge in [-0.05, 0) is 94.6 Å². The van der Waals surface area contributed by atoms with Crippen molar-refractivity contribution in [2.45, 2.75) is 26.2 Å². The minimum Gasteiger partial charge on any atom is -0.457 e. The van der Waals surface area contributed by atoms with Crippen LogP contribution in [0.25, 0.3) is 38.9 Å². The Bertz CT molecular complexity index is 3100. The summed E-state index contributed by atoms with van der Waals surface area (Å²) in [5.41, 5.74) is 12.6. The zero-order valence-corrected chi connectivity index (χ0v) is 34.5. The number of rotatable bonds is 7. The van der Waals surface area contributed by atoms with E-state index in [4.69, 9.17) is 9.72 Å². The minimum absolute atomic E-state index is 0.00758.